The highest BCUT2D eigenvalue weighted by Crippen LogP contribution is 2.54. The second kappa shape index (κ2) is 11.6. The fourth-order valence-electron chi connectivity index (χ4n) is 3.95. The molecule has 0 aromatic heterocycles. The van der Waals surface area contributed by atoms with Crippen LogP contribution in [0.3, 0.4) is 0 Å². The van der Waals surface area contributed by atoms with Gasteiger partial charge in [0.15, 0.2) is 0 Å². The minimum Gasteiger partial charge on any atom is -1.00 e. The maximum atomic E-state index is 10.9. The number of carboxylic acid groups (broad SMARTS) is 1. The summed E-state index contributed by atoms with van der Waals surface area (Å²) in [6.45, 7) is 0. The van der Waals surface area contributed by atoms with Gasteiger partial charge in [-0.1, -0.05) is 66.7 Å². The van der Waals surface area contributed by atoms with Gasteiger partial charge in [0.1, 0.15) is 29.3 Å². The van der Waals surface area contributed by atoms with Crippen LogP contribution in [0.25, 0.3) is 0 Å². The highest BCUT2D eigenvalue weighted by Gasteiger charge is 2.44. The average Bonchev–Trinajstić information content (AvgIpc) is 2.84. The van der Waals surface area contributed by atoms with Crippen molar-refractivity contribution in [2.75, 3.05) is 6.16 Å². The van der Waals surface area contributed by atoms with Gasteiger partial charge in [-0.2, -0.15) is 0 Å². The van der Waals surface area contributed by atoms with E-state index in [0.29, 0.717) is 0 Å². The number of aliphatic carboxylic acids is 1. The van der Waals surface area contributed by atoms with Gasteiger partial charge in [-0.3, -0.25) is 9.79 Å². The van der Waals surface area contributed by atoms with E-state index in [2.05, 4.69) is 91.0 Å². The Kier molecular flexibility index (Phi) is 8.54. The molecule has 0 atom stereocenters. The summed E-state index contributed by atoms with van der Waals surface area (Å²) in [4.78, 5) is 15.7. The first-order valence-electron chi connectivity index (χ1n) is 10.6. The van der Waals surface area contributed by atoms with Gasteiger partial charge in [-0.15, -0.1) is 0 Å². The van der Waals surface area contributed by atoms with Crippen molar-refractivity contribution in [2.45, 2.75) is 6.42 Å². The fraction of sp³-hybridized carbons (Fsp3) is 0.0714. The van der Waals surface area contributed by atoms with Crippen molar-refractivity contribution in [2.24, 2.45) is 4.99 Å². The summed E-state index contributed by atoms with van der Waals surface area (Å²) in [5.74, 6) is -0.829. The molecule has 0 spiro atoms. The predicted octanol–water partition coefficient (Wildman–Crippen LogP) is 2.01. The summed E-state index contributed by atoms with van der Waals surface area (Å²) in [5.41, 5.74) is 1.60. The molecule has 0 amide bonds. The lowest BCUT2D eigenvalue weighted by molar-refractivity contribution is -0.136. The second-order valence-corrected chi connectivity index (χ2v) is 11.1. The molecule has 166 valence electrons. The van der Waals surface area contributed by atoms with Crippen LogP contribution in [0, 0.1) is 0 Å². The van der Waals surface area contributed by atoms with Crippen molar-refractivity contribution in [3.05, 3.63) is 121 Å². The Morgan fingerprint density at radius 3 is 1.52 bits per heavy atom. The van der Waals surface area contributed by atoms with E-state index in [9.17, 15) is 4.79 Å². The SMILES string of the molecule is O=C(O)Cc1ccc(N=CC[P+](c2ccccc2)(c2ccccc2)c2ccccc2)cc1.[Cl-]. The van der Waals surface area contributed by atoms with E-state index in [0.717, 1.165) is 17.4 Å². The molecule has 5 heteroatoms. The van der Waals surface area contributed by atoms with Gasteiger partial charge >= 0.3 is 5.97 Å². The molecule has 3 nitrogen and oxygen atoms in total. The van der Waals surface area contributed by atoms with Crippen LogP contribution < -0.4 is 28.3 Å². The summed E-state index contributed by atoms with van der Waals surface area (Å²) >= 11 is 0. The number of carbonyl (C=O) groups is 1. The molecular formula is C28H25ClNO2P. The zero-order chi connectivity index (χ0) is 22.2. The normalized spacial score (nSPS) is 11.2. The molecular weight excluding hydrogens is 449 g/mol. The van der Waals surface area contributed by atoms with Crippen molar-refractivity contribution in [1.29, 1.82) is 0 Å². The van der Waals surface area contributed by atoms with Crippen LogP contribution in [0.1, 0.15) is 5.56 Å². The minimum atomic E-state index is -1.95. The second-order valence-electron chi connectivity index (χ2n) is 7.55. The number of nitrogens with zero attached hydrogens (tertiary/aromatic N) is 1. The van der Waals surface area contributed by atoms with Crippen LogP contribution in [0.5, 0.6) is 0 Å². The van der Waals surface area contributed by atoms with E-state index >= 15 is 0 Å². The molecule has 0 heterocycles. The molecule has 0 aliphatic heterocycles. The molecule has 0 saturated heterocycles. The molecule has 0 fully saturated rings. The standard InChI is InChI=1S/C28H24NO2P.ClH/c30-28(31)22-23-16-18-24(19-17-23)29-20-21-32(25-10-4-1-5-11-25,26-12-6-2-7-13-26)27-14-8-3-9-15-27;/h1-20H,21-22H2;1H. The third kappa shape index (κ3) is 5.76. The molecule has 4 aromatic carbocycles. The smallest absolute Gasteiger partial charge is 0.307 e. The van der Waals surface area contributed by atoms with Crippen LogP contribution in [0.4, 0.5) is 5.69 Å². The van der Waals surface area contributed by atoms with Crippen molar-refractivity contribution in [1.82, 2.24) is 0 Å². The maximum Gasteiger partial charge on any atom is 0.307 e. The van der Waals surface area contributed by atoms with E-state index in [-0.39, 0.29) is 18.8 Å². The Balaban J connectivity index is 0.00000306. The zero-order valence-corrected chi connectivity index (χ0v) is 19.7. The lowest BCUT2D eigenvalue weighted by Gasteiger charge is -2.26. The maximum absolute atomic E-state index is 10.9. The highest BCUT2D eigenvalue weighted by molar-refractivity contribution is 7.96. The first-order chi connectivity index (χ1) is 15.7. The Hall–Kier alpha value is -3.26. The minimum absolute atomic E-state index is 0. The average molecular weight is 474 g/mol. The van der Waals surface area contributed by atoms with E-state index in [1.165, 1.54) is 15.9 Å². The van der Waals surface area contributed by atoms with E-state index < -0.39 is 13.2 Å². The Labute approximate surface area is 201 Å². The number of rotatable bonds is 8. The molecule has 4 aromatic rings. The molecule has 4 rings (SSSR count). The largest absolute Gasteiger partial charge is 1.00 e. The fourth-order valence-corrected chi connectivity index (χ4v) is 7.85. The Morgan fingerprint density at radius 2 is 1.12 bits per heavy atom. The van der Waals surface area contributed by atoms with Crippen molar-refractivity contribution >= 4 is 41.0 Å². The molecule has 0 unspecified atom stereocenters. The number of aliphatic imine (C=N–C) groups is 1. The lowest BCUT2D eigenvalue weighted by Crippen LogP contribution is -3.00. The molecule has 0 aliphatic carbocycles. The highest BCUT2D eigenvalue weighted by atomic mass is 35.5. The van der Waals surface area contributed by atoms with Gasteiger partial charge in [0.25, 0.3) is 0 Å². The summed E-state index contributed by atoms with van der Waals surface area (Å²) in [6.07, 6.45) is 2.84. The Bertz CT molecular complexity index is 1080. The van der Waals surface area contributed by atoms with Gasteiger partial charge in [0, 0.05) is 6.21 Å². The summed E-state index contributed by atoms with van der Waals surface area (Å²) in [6, 6.07) is 39.6. The number of hydrogen-bond donors (Lipinski definition) is 1. The quantitative estimate of drug-likeness (QED) is 0.314. The molecule has 0 radical (unpaired) electrons. The van der Waals surface area contributed by atoms with Gasteiger partial charge in [-0.25, -0.2) is 0 Å². The van der Waals surface area contributed by atoms with Crippen molar-refractivity contribution in [3.63, 3.8) is 0 Å². The number of carboxylic acids is 1. The van der Waals surface area contributed by atoms with Crippen LogP contribution in [0.2, 0.25) is 0 Å². The van der Waals surface area contributed by atoms with Crippen LogP contribution in [-0.2, 0) is 11.2 Å². The molecule has 0 bridgehead atoms. The first kappa shape index (κ1) is 24.4. The molecule has 33 heavy (non-hydrogen) atoms. The molecule has 1 N–H and O–H groups in total. The number of hydrogen-bond acceptors (Lipinski definition) is 2. The third-order valence-electron chi connectivity index (χ3n) is 5.48. The molecule has 0 aliphatic rings. The summed E-state index contributed by atoms with van der Waals surface area (Å²) in [7, 11) is -1.95. The van der Waals surface area contributed by atoms with Crippen LogP contribution in [-0.4, -0.2) is 23.5 Å². The van der Waals surface area contributed by atoms with E-state index in [4.69, 9.17) is 10.1 Å². The van der Waals surface area contributed by atoms with E-state index in [1.54, 1.807) is 0 Å². The Morgan fingerprint density at radius 1 is 0.697 bits per heavy atom. The monoisotopic (exact) mass is 473 g/mol. The van der Waals surface area contributed by atoms with Gasteiger partial charge in [0.2, 0.25) is 0 Å². The lowest BCUT2D eigenvalue weighted by atomic mass is 10.1. The third-order valence-corrected chi connectivity index (χ3v) is 9.73. The van der Waals surface area contributed by atoms with E-state index in [1.807, 2.05) is 30.5 Å². The topological polar surface area (TPSA) is 49.7 Å². The zero-order valence-electron chi connectivity index (χ0n) is 18.1. The summed E-state index contributed by atoms with van der Waals surface area (Å²) in [5, 5.41) is 12.9. The predicted molar refractivity (Wildman–Crippen MR) is 136 cm³/mol. The van der Waals surface area contributed by atoms with Gasteiger partial charge in [-0.05, 0) is 54.1 Å². The number of halogens is 1. The van der Waals surface area contributed by atoms with Crippen LogP contribution >= 0.6 is 7.26 Å². The first-order valence-corrected chi connectivity index (χ1v) is 12.5. The summed E-state index contributed by atoms with van der Waals surface area (Å²) < 4.78 is 0. The van der Waals surface area contributed by atoms with Crippen LogP contribution in [0.15, 0.2) is 120 Å². The van der Waals surface area contributed by atoms with Gasteiger partial charge < -0.3 is 17.5 Å². The molecule has 0 saturated carbocycles. The van der Waals surface area contributed by atoms with Gasteiger partial charge in [0.05, 0.1) is 12.1 Å². The van der Waals surface area contributed by atoms with Crippen molar-refractivity contribution < 1.29 is 22.3 Å². The van der Waals surface area contributed by atoms with Crippen molar-refractivity contribution in [3.8, 4) is 0 Å². The number of benzene rings is 4.